The number of amides is 4. The first-order valence-corrected chi connectivity index (χ1v) is 22.5. The minimum atomic E-state index is -0.906. The maximum atomic E-state index is 14.4. The fourth-order valence-corrected chi connectivity index (χ4v) is 10.5. The number of aromatic amines is 2. The molecule has 3 aliphatic rings. The molecule has 0 radical (unpaired) electrons. The third-order valence-electron chi connectivity index (χ3n) is 13.9. The van der Waals surface area contributed by atoms with Gasteiger partial charge < -0.3 is 44.6 Å². The van der Waals surface area contributed by atoms with E-state index in [1.165, 1.54) is 21.3 Å². The topological polar surface area (TPSA) is 184 Å². The number of nitrogens with zero attached hydrogens (tertiary/aromatic N) is 4. The van der Waals surface area contributed by atoms with Crippen LogP contribution >= 0.6 is 0 Å². The molecule has 4 amide bonds. The Kier molecular flexibility index (Phi) is 11.4. The summed E-state index contributed by atoms with van der Waals surface area (Å²) in [7, 11) is 4.07. The number of carbonyl (C=O) groups is 4. The Morgan fingerprint density at radius 2 is 1.44 bits per heavy atom. The van der Waals surface area contributed by atoms with Gasteiger partial charge in [0.05, 0.1) is 55.3 Å². The molecule has 1 saturated carbocycles. The summed E-state index contributed by atoms with van der Waals surface area (Å²) in [5, 5.41) is 9.70. The van der Waals surface area contributed by atoms with Gasteiger partial charge in [0.2, 0.25) is 5.91 Å². The highest BCUT2D eigenvalue weighted by Crippen LogP contribution is 2.51. The molecule has 15 heteroatoms. The van der Waals surface area contributed by atoms with E-state index < -0.39 is 30.4 Å². The number of imidazole rings is 2. The summed E-state index contributed by atoms with van der Waals surface area (Å²) in [6.07, 6.45) is 4.31. The smallest absolute Gasteiger partial charge is 0.407 e. The minimum Gasteiger partial charge on any atom is -0.453 e. The number of hydrogen-bond acceptors (Lipinski definition) is 9. The van der Waals surface area contributed by atoms with E-state index in [0.717, 1.165) is 92.9 Å². The average molecular weight is 889 g/mol. The molecule has 3 fully saturated rings. The number of piperidine rings is 1. The number of carbonyl (C=O) groups excluding carboxylic acids is 4. The number of ether oxygens (including phenoxy) is 3. The first kappa shape index (κ1) is 42.7. The Balaban J connectivity index is 0.876. The van der Waals surface area contributed by atoms with E-state index in [0.29, 0.717) is 17.9 Å². The molecule has 7 aromatic rings. The van der Waals surface area contributed by atoms with Crippen molar-refractivity contribution in [3.8, 4) is 22.4 Å². The largest absolute Gasteiger partial charge is 0.453 e. The van der Waals surface area contributed by atoms with Gasteiger partial charge in [-0.3, -0.25) is 9.59 Å². The monoisotopic (exact) mass is 888 g/mol. The van der Waals surface area contributed by atoms with Crippen molar-refractivity contribution in [1.82, 2.24) is 40.4 Å². The van der Waals surface area contributed by atoms with Crippen molar-refractivity contribution >= 4 is 56.6 Å². The number of likely N-dealkylation sites (tertiary alicyclic amines) is 2. The van der Waals surface area contributed by atoms with E-state index in [2.05, 4.69) is 81.3 Å². The summed E-state index contributed by atoms with van der Waals surface area (Å²) in [4.78, 5) is 73.4. The number of rotatable bonds is 11. The van der Waals surface area contributed by atoms with Gasteiger partial charge in [-0.2, -0.15) is 0 Å². The van der Waals surface area contributed by atoms with E-state index >= 15 is 0 Å². The van der Waals surface area contributed by atoms with Crippen LogP contribution in [-0.4, -0.2) is 99.8 Å². The Morgan fingerprint density at radius 1 is 0.742 bits per heavy atom. The minimum absolute atomic E-state index is 0.0688. The molecule has 4 N–H and O–H groups in total. The molecule has 2 aromatic heterocycles. The highest BCUT2D eigenvalue weighted by atomic mass is 16.5. The van der Waals surface area contributed by atoms with Crippen molar-refractivity contribution in [1.29, 1.82) is 0 Å². The average Bonchev–Trinajstić information content (AvgIpc) is 4.23. The second kappa shape index (κ2) is 17.6. The lowest BCUT2D eigenvalue weighted by Gasteiger charge is -2.36. The molecule has 0 spiro atoms. The van der Waals surface area contributed by atoms with E-state index in [-0.39, 0.29) is 35.9 Å². The van der Waals surface area contributed by atoms with E-state index in [9.17, 15) is 19.2 Å². The number of methoxy groups -OCH3 is 3. The number of hydrogen-bond donors (Lipinski definition) is 4. The fraction of sp³-hybridized carbons (Fsp3) is 0.333. The Hall–Kier alpha value is -7.26. The van der Waals surface area contributed by atoms with Crippen LogP contribution in [-0.2, 0) is 23.8 Å². The lowest BCUT2D eigenvalue weighted by atomic mass is 9.96. The second-order valence-electron chi connectivity index (χ2n) is 17.6. The molecule has 66 heavy (non-hydrogen) atoms. The molecule has 5 aromatic carbocycles. The number of alkyl carbamates (subject to hydrolysis) is 2. The van der Waals surface area contributed by atoms with Crippen LogP contribution < -0.4 is 10.6 Å². The maximum Gasteiger partial charge on any atom is 0.407 e. The Bertz CT molecular complexity index is 2990. The second-order valence-corrected chi connectivity index (χ2v) is 17.6. The molecule has 1 unspecified atom stereocenters. The molecule has 2 aliphatic heterocycles. The van der Waals surface area contributed by atoms with Crippen LogP contribution in [0.2, 0.25) is 0 Å². The van der Waals surface area contributed by atoms with E-state index in [4.69, 9.17) is 24.2 Å². The summed E-state index contributed by atoms with van der Waals surface area (Å²) in [6, 6.07) is 30.5. The summed E-state index contributed by atoms with van der Waals surface area (Å²) in [6.45, 7) is 2.28. The molecule has 2 saturated heterocycles. The molecule has 15 nitrogen and oxygen atoms in total. The first-order chi connectivity index (χ1) is 32.1. The van der Waals surface area contributed by atoms with Crippen LogP contribution in [0.5, 0.6) is 0 Å². The standard InChI is InChI=1S/C51H52N8O7/c1-28(64-2)42(56-50(62)65-3)48(60)58-22-8-11-41(58)46-53-39-21-18-34-24-33(17-20-38(34)44(39)55-46)30-12-13-32-25-35(15-14-31(32)23-30)40-27-52-47(54-40)45-36-16-19-37(26-36)59(45)49(61)43(57-51(63)66-4)29-9-6-5-7-10-29/h5-7,9-10,12-15,17-18,20-21,23-25,27-28,36-37,41-43,45H,8,11,16,19,22,26H2,1-4H3,(H,52,54)(H,53,55)(H,56,62)(H,57,63)/t28-,36+,37-,41?,42+,43-,45+/m1/s1. The van der Waals surface area contributed by atoms with Crippen molar-refractivity contribution in [2.24, 2.45) is 5.92 Å². The molecule has 2 bridgehead atoms. The van der Waals surface area contributed by atoms with Crippen LogP contribution in [0.3, 0.4) is 0 Å². The summed E-state index contributed by atoms with van der Waals surface area (Å²) in [5.41, 5.74) is 6.45. The van der Waals surface area contributed by atoms with Crippen LogP contribution in [0, 0.1) is 5.92 Å². The van der Waals surface area contributed by atoms with Crippen molar-refractivity contribution in [3.63, 3.8) is 0 Å². The third kappa shape index (κ3) is 7.76. The lowest BCUT2D eigenvalue weighted by molar-refractivity contribution is -0.138. The zero-order valence-electron chi connectivity index (χ0n) is 37.2. The zero-order chi connectivity index (χ0) is 45.6. The molecule has 1 aliphatic carbocycles. The molecule has 10 rings (SSSR count). The highest BCUT2D eigenvalue weighted by Gasteiger charge is 2.51. The first-order valence-electron chi connectivity index (χ1n) is 22.5. The molecule has 4 heterocycles. The van der Waals surface area contributed by atoms with Gasteiger partial charge in [0, 0.05) is 30.6 Å². The van der Waals surface area contributed by atoms with Crippen LogP contribution in [0.1, 0.15) is 74.4 Å². The van der Waals surface area contributed by atoms with Crippen LogP contribution in [0.15, 0.2) is 103 Å². The molecule has 7 atom stereocenters. The van der Waals surface area contributed by atoms with Crippen molar-refractivity contribution < 1.29 is 33.4 Å². The van der Waals surface area contributed by atoms with Gasteiger partial charge in [-0.15, -0.1) is 0 Å². The van der Waals surface area contributed by atoms with Crippen LogP contribution in [0.25, 0.3) is 55.0 Å². The normalized spacial score (nSPS) is 20.4. The zero-order valence-corrected chi connectivity index (χ0v) is 37.2. The van der Waals surface area contributed by atoms with Crippen molar-refractivity contribution in [2.75, 3.05) is 27.9 Å². The van der Waals surface area contributed by atoms with E-state index in [1.54, 1.807) is 11.8 Å². The van der Waals surface area contributed by atoms with Gasteiger partial charge in [0.25, 0.3) is 5.91 Å². The van der Waals surface area contributed by atoms with E-state index in [1.807, 2.05) is 47.5 Å². The number of benzene rings is 5. The molecular weight excluding hydrogens is 837 g/mol. The SMILES string of the molecule is COC(=O)N[C@H](C(=O)N1CCCC1c1nc2ccc3cc(-c4ccc5cc(-c6cnc([C@@H]7[C@H]8CC[C@H](C8)N7C(=O)[C@H](NC(=O)OC)c7ccccc7)[nH]6)ccc5c4)ccc3c2[nH]1)[C@@H](C)OC. The number of fused-ring (bicyclic) bond motifs is 6. The molecule has 338 valence electrons. The fourth-order valence-electron chi connectivity index (χ4n) is 10.5. The lowest BCUT2D eigenvalue weighted by Crippen LogP contribution is -2.54. The predicted octanol–water partition coefficient (Wildman–Crippen LogP) is 8.50. The number of H-pyrrole nitrogens is 2. The third-order valence-corrected chi connectivity index (χ3v) is 13.9. The number of aromatic nitrogens is 4. The summed E-state index contributed by atoms with van der Waals surface area (Å²) >= 11 is 0. The Morgan fingerprint density at radius 3 is 2.20 bits per heavy atom. The summed E-state index contributed by atoms with van der Waals surface area (Å²) in [5.74, 6) is 1.31. The number of nitrogens with one attached hydrogen (secondary N) is 4. The van der Waals surface area contributed by atoms with Gasteiger partial charge in [-0.1, -0.05) is 72.8 Å². The quantitative estimate of drug-likeness (QED) is 0.0989. The van der Waals surface area contributed by atoms with Crippen molar-refractivity contribution in [2.45, 2.75) is 75.3 Å². The van der Waals surface area contributed by atoms with Crippen LogP contribution in [0.4, 0.5) is 9.59 Å². The molecular formula is C51H52N8O7. The van der Waals surface area contributed by atoms with Gasteiger partial charge in [0.15, 0.2) is 0 Å². The van der Waals surface area contributed by atoms with Gasteiger partial charge in [-0.05, 0) is 102 Å². The maximum absolute atomic E-state index is 14.4. The Labute approximate surface area is 381 Å². The summed E-state index contributed by atoms with van der Waals surface area (Å²) < 4.78 is 15.1. The van der Waals surface area contributed by atoms with Gasteiger partial charge in [0.1, 0.15) is 23.7 Å². The van der Waals surface area contributed by atoms with Gasteiger partial charge in [-0.25, -0.2) is 19.6 Å². The van der Waals surface area contributed by atoms with Gasteiger partial charge >= 0.3 is 12.2 Å². The van der Waals surface area contributed by atoms with Crippen molar-refractivity contribution in [3.05, 3.63) is 120 Å². The highest BCUT2D eigenvalue weighted by molar-refractivity contribution is 6.06. The predicted molar refractivity (Wildman–Crippen MR) is 249 cm³/mol.